The monoisotopic (exact) mass is 688 g/mol. The predicted molar refractivity (Wildman–Crippen MR) is 178 cm³/mol. The van der Waals surface area contributed by atoms with Crippen molar-refractivity contribution in [3.05, 3.63) is 99.5 Å². The quantitative estimate of drug-likeness (QED) is 0.0906. The number of nitrogens with two attached hydrogens (primary N) is 2. The number of benzene rings is 2. The van der Waals surface area contributed by atoms with Crippen LogP contribution in [0, 0.1) is 11.8 Å². The van der Waals surface area contributed by atoms with E-state index in [2.05, 4.69) is 15.3 Å². The summed E-state index contributed by atoms with van der Waals surface area (Å²) in [6.45, 7) is 0.931. The molecule has 1 aliphatic heterocycles. The van der Waals surface area contributed by atoms with Crippen LogP contribution in [-0.2, 0) is 20.4 Å². The number of aldehydes is 1. The standard InChI is InChI=1S/C35H31ClF2N6O5/c1-34(33(40)47)17-49-31-24(34)12-27(44-30(31)23-11-28(38)42-14-25(23)36)35(16-45,20-4-3-5-21(37)10-20)15-43-32(46)18-8-19(13-41-22-6-7-22)29(39)26(9-18)48-2/h3-5,8-14,16,22H,6-7,15,17,39H2,1-2H3,(H2,40,47)(H,43,46)/t34-,35+/m0/s1. The summed E-state index contributed by atoms with van der Waals surface area (Å²) in [5.74, 6) is -2.56. The van der Waals surface area contributed by atoms with Crippen molar-refractivity contribution >= 4 is 41.6 Å². The average Bonchev–Trinajstić information content (AvgIpc) is 3.86. The summed E-state index contributed by atoms with van der Waals surface area (Å²) >= 11 is 6.45. The predicted octanol–water partition coefficient (Wildman–Crippen LogP) is 4.30. The lowest BCUT2D eigenvalue weighted by Crippen LogP contribution is -2.44. The number of carbonyl (C=O) groups excluding carboxylic acids is 3. The van der Waals surface area contributed by atoms with Crippen molar-refractivity contribution in [3.8, 4) is 22.8 Å². The van der Waals surface area contributed by atoms with Crippen LogP contribution in [0.25, 0.3) is 11.3 Å². The van der Waals surface area contributed by atoms with Gasteiger partial charge in [0.05, 0.1) is 29.6 Å². The molecule has 1 aliphatic carbocycles. The number of halogens is 3. The Labute approximate surface area is 284 Å². The summed E-state index contributed by atoms with van der Waals surface area (Å²) in [5, 5.41) is 2.78. The highest BCUT2D eigenvalue weighted by molar-refractivity contribution is 6.33. The van der Waals surface area contributed by atoms with Crippen LogP contribution in [0.15, 0.2) is 59.7 Å². The first-order valence-corrected chi connectivity index (χ1v) is 15.6. The van der Waals surface area contributed by atoms with Crippen LogP contribution >= 0.6 is 11.6 Å². The first kappa shape index (κ1) is 33.5. The number of aliphatic imine (C=N–C) groups is 1. The van der Waals surface area contributed by atoms with Crippen molar-refractivity contribution in [2.45, 2.75) is 36.6 Å². The summed E-state index contributed by atoms with van der Waals surface area (Å²) < 4.78 is 40.6. The molecule has 0 spiro atoms. The Balaban J connectivity index is 1.50. The molecule has 2 aromatic heterocycles. The van der Waals surface area contributed by atoms with Crippen LogP contribution in [0.5, 0.6) is 11.5 Å². The molecule has 252 valence electrons. The van der Waals surface area contributed by atoms with Crippen molar-refractivity contribution in [1.82, 2.24) is 15.3 Å². The van der Waals surface area contributed by atoms with E-state index in [4.69, 9.17) is 37.5 Å². The fourth-order valence-corrected chi connectivity index (χ4v) is 5.85. The minimum atomic E-state index is -1.87. The molecule has 49 heavy (non-hydrogen) atoms. The van der Waals surface area contributed by atoms with Gasteiger partial charge in [0, 0.05) is 47.3 Å². The third-order valence-corrected chi connectivity index (χ3v) is 9.15. The highest BCUT2D eigenvalue weighted by Crippen LogP contribution is 2.47. The van der Waals surface area contributed by atoms with E-state index in [9.17, 15) is 23.2 Å². The number of nitrogens with zero attached hydrogens (tertiary/aromatic N) is 3. The summed E-state index contributed by atoms with van der Waals surface area (Å²) in [7, 11) is 1.41. The van der Waals surface area contributed by atoms with Crippen LogP contribution in [0.2, 0.25) is 5.02 Å². The molecule has 4 aromatic rings. The largest absolute Gasteiger partial charge is 0.495 e. The Morgan fingerprint density at radius 1 is 1.22 bits per heavy atom. The molecule has 2 amide bonds. The smallest absolute Gasteiger partial charge is 0.251 e. The molecule has 14 heteroatoms. The minimum Gasteiger partial charge on any atom is -0.495 e. The second-order valence-corrected chi connectivity index (χ2v) is 12.6. The van der Waals surface area contributed by atoms with Gasteiger partial charge >= 0.3 is 0 Å². The van der Waals surface area contributed by atoms with Crippen LogP contribution in [0.4, 0.5) is 14.5 Å². The summed E-state index contributed by atoms with van der Waals surface area (Å²) in [6.07, 6.45) is 5.12. The third kappa shape index (κ3) is 6.17. The number of fused-ring (bicyclic) bond motifs is 1. The van der Waals surface area contributed by atoms with E-state index in [0.717, 1.165) is 31.2 Å². The number of aromatic nitrogens is 2. The molecule has 1 fully saturated rings. The van der Waals surface area contributed by atoms with Crippen LogP contribution in [-0.4, -0.2) is 60.6 Å². The number of hydrogen-bond donors (Lipinski definition) is 3. The minimum absolute atomic E-state index is 0.00128. The first-order chi connectivity index (χ1) is 23.4. The van der Waals surface area contributed by atoms with Gasteiger partial charge in [0.15, 0.2) is 0 Å². The van der Waals surface area contributed by atoms with E-state index < -0.39 is 41.0 Å². The van der Waals surface area contributed by atoms with Crippen LogP contribution in [0.1, 0.15) is 52.5 Å². The zero-order chi connectivity index (χ0) is 35.1. The fourth-order valence-electron chi connectivity index (χ4n) is 5.66. The molecule has 0 radical (unpaired) electrons. The van der Waals surface area contributed by atoms with Crippen LogP contribution in [0.3, 0.4) is 0 Å². The molecule has 2 atom stereocenters. The number of methoxy groups -OCH3 is 1. The molecule has 0 saturated heterocycles. The molecule has 11 nitrogen and oxygen atoms in total. The normalized spacial score (nSPS) is 18.0. The number of primary amides is 1. The number of rotatable bonds is 11. The lowest BCUT2D eigenvalue weighted by molar-refractivity contribution is -0.123. The summed E-state index contributed by atoms with van der Waals surface area (Å²) in [5.41, 5.74) is 10.1. The Morgan fingerprint density at radius 2 is 2.00 bits per heavy atom. The second kappa shape index (κ2) is 12.9. The van der Waals surface area contributed by atoms with Gasteiger partial charge in [-0.1, -0.05) is 23.7 Å². The first-order valence-electron chi connectivity index (χ1n) is 15.2. The number of anilines is 1. The van der Waals surface area contributed by atoms with Gasteiger partial charge < -0.3 is 31.1 Å². The number of carbonyl (C=O) groups is 3. The van der Waals surface area contributed by atoms with Crippen molar-refractivity contribution in [2.24, 2.45) is 10.7 Å². The number of nitrogen functional groups attached to an aromatic ring is 1. The average molecular weight is 689 g/mol. The lowest BCUT2D eigenvalue weighted by Gasteiger charge is -2.30. The summed E-state index contributed by atoms with van der Waals surface area (Å²) in [6, 6.07) is 10.9. The van der Waals surface area contributed by atoms with E-state index in [1.165, 1.54) is 37.4 Å². The van der Waals surface area contributed by atoms with E-state index in [1.807, 2.05) is 0 Å². The van der Waals surface area contributed by atoms with Crippen LogP contribution < -0.4 is 26.3 Å². The van der Waals surface area contributed by atoms with Gasteiger partial charge in [0.25, 0.3) is 5.91 Å². The van der Waals surface area contributed by atoms with Crippen molar-refractivity contribution in [3.63, 3.8) is 0 Å². The topological polar surface area (TPSA) is 172 Å². The second-order valence-electron chi connectivity index (χ2n) is 12.2. The fraction of sp³-hybridized carbons (Fsp3) is 0.257. The maximum atomic E-state index is 14.8. The van der Waals surface area contributed by atoms with E-state index >= 15 is 0 Å². The Hall–Kier alpha value is -5.43. The van der Waals surface area contributed by atoms with E-state index in [-0.39, 0.29) is 62.8 Å². The Kier molecular flexibility index (Phi) is 8.80. The highest BCUT2D eigenvalue weighted by Gasteiger charge is 2.46. The van der Waals surface area contributed by atoms with Crippen molar-refractivity contribution in [1.29, 1.82) is 0 Å². The van der Waals surface area contributed by atoms with Gasteiger partial charge in [-0.2, -0.15) is 4.39 Å². The number of hydrogen-bond acceptors (Lipinski definition) is 9. The number of nitrogens with one attached hydrogen (secondary N) is 1. The molecule has 6 rings (SSSR count). The van der Waals surface area contributed by atoms with E-state index in [1.54, 1.807) is 19.2 Å². The van der Waals surface area contributed by atoms with Gasteiger partial charge in [-0.15, -0.1) is 0 Å². The van der Waals surface area contributed by atoms with Crippen molar-refractivity contribution < 1.29 is 32.6 Å². The molecular weight excluding hydrogens is 658 g/mol. The molecule has 3 heterocycles. The SMILES string of the molecule is COc1cc(C(=O)NC[C@@](C=O)(c2cccc(F)c2)c2cc3c(c(-c4cc(F)ncc4Cl)n2)OC[C@]3(C)C(N)=O)cc(C=NC2CC2)c1N. The third-order valence-electron chi connectivity index (χ3n) is 8.85. The zero-order valence-corrected chi connectivity index (χ0v) is 27.2. The number of pyridine rings is 2. The van der Waals surface area contributed by atoms with Gasteiger partial charge in [-0.3, -0.25) is 14.6 Å². The van der Waals surface area contributed by atoms with Gasteiger partial charge in [-0.05, 0) is 55.7 Å². The lowest BCUT2D eigenvalue weighted by atomic mass is 9.75. The molecule has 0 unspecified atom stereocenters. The maximum Gasteiger partial charge on any atom is 0.251 e. The molecule has 2 aromatic carbocycles. The number of ether oxygens (including phenoxy) is 2. The molecular formula is C35H31ClF2N6O5. The maximum absolute atomic E-state index is 14.8. The molecule has 2 aliphatic rings. The Morgan fingerprint density at radius 3 is 2.67 bits per heavy atom. The highest BCUT2D eigenvalue weighted by atomic mass is 35.5. The molecule has 1 saturated carbocycles. The van der Waals surface area contributed by atoms with Gasteiger partial charge in [0.2, 0.25) is 11.9 Å². The van der Waals surface area contributed by atoms with E-state index in [0.29, 0.717) is 17.5 Å². The number of amides is 2. The molecule has 0 bridgehead atoms. The zero-order valence-electron chi connectivity index (χ0n) is 26.4. The van der Waals surface area contributed by atoms with Gasteiger partial charge in [0.1, 0.15) is 46.7 Å². The molecule has 5 N–H and O–H groups in total. The Bertz CT molecular complexity index is 2040. The summed E-state index contributed by atoms with van der Waals surface area (Å²) in [4.78, 5) is 52.7. The van der Waals surface area contributed by atoms with Gasteiger partial charge in [-0.25, -0.2) is 14.4 Å². The van der Waals surface area contributed by atoms with Crippen molar-refractivity contribution in [2.75, 3.05) is 26.0 Å².